The second-order valence-corrected chi connectivity index (χ2v) is 8.44. The zero-order chi connectivity index (χ0) is 14.7. The summed E-state index contributed by atoms with van der Waals surface area (Å²) in [5, 5.41) is 3.38. The number of benzene rings is 1. The molecule has 0 fully saturated rings. The second-order valence-electron chi connectivity index (χ2n) is 4.27. The molecule has 1 heterocycles. The molecular weight excluding hydrogens is 470 g/mol. The van der Waals surface area contributed by atoms with Gasteiger partial charge in [-0.25, -0.2) is 0 Å². The van der Waals surface area contributed by atoms with E-state index in [0.717, 1.165) is 24.9 Å². The molecule has 0 bridgehead atoms. The van der Waals surface area contributed by atoms with Gasteiger partial charge in [-0.1, -0.05) is 15.9 Å². The Kier molecular flexibility index (Phi) is 6.10. The van der Waals surface area contributed by atoms with Crippen molar-refractivity contribution in [3.05, 3.63) is 47.4 Å². The molecular formula is C14H14Br3NOS. The summed E-state index contributed by atoms with van der Waals surface area (Å²) in [6, 6.07) is 8.51. The lowest BCUT2D eigenvalue weighted by atomic mass is 10.0. The van der Waals surface area contributed by atoms with Crippen molar-refractivity contribution in [3.63, 3.8) is 0 Å². The summed E-state index contributed by atoms with van der Waals surface area (Å²) >= 11 is 12.4. The Balaban J connectivity index is 2.28. The average Bonchev–Trinajstić information content (AvgIpc) is 2.76. The number of nitrogens with one attached hydrogen (secondary N) is 1. The Morgan fingerprint density at radius 1 is 1.25 bits per heavy atom. The largest absolute Gasteiger partial charge is 0.496 e. The van der Waals surface area contributed by atoms with Crippen LogP contribution in [0, 0.1) is 0 Å². The van der Waals surface area contributed by atoms with Gasteiger partial charge in [-0.05, 0) is 75.2 Å². The average molecular weight is 484 g/mol. The van der Waals surface area contributed by atoms with Crippen molar-refractivity contribution in [2.24, 2.45) is 0 Å². The van der Waals surface area contributed by atoms with Crippen LogP contribution >= 0.6 is 59.1 Å². The highest BCUT2D eigenvalue weighted by Gasteiger charge is 2.17. The zero-order valence-electron chi connectivity index (χ0n) is 11.0. The van der Waals surface area contributed by atoms with Gasteiger partial charge in [0.2, 0.25) is 0 Å². The van der Waals surface area contributed by atoms with E-state index >= 15 is 0 Å². The van der Waals surface area contributed by atoms with Gasteiger partial charge in [-0.15, -0.1) is 11.3 Å². The molecule has 6 heteroatoms. The predicted molar refractivity (Wildman–Crippen MR) is 95.9 cm³/mol. The van der Waals surface area contributed by atoms with Crippen LogP contribution in [0.4, 0.5) is 0 Å². The van der Waals surface area contributed by atoms with Crippen molar-refractivity contribution in [1.29, 1.82) is 0 Å². The Hall–Kier alpha value is 0.120. The van der Waals surface area contributed by atoms with Crippen molar-refractivity contribution in [1.82, 2.24) is 5.32 Å². The fourth-order valence-corrected chi connectivity index (χ4v) is 4.61. The van der Waals surface area contributed by atoms with Crippen molar-refractivity contribution in [2.45, 2.75) is 12.5 Å². The van der Waals surface area contributed by atoms with Crippen LogP contribution in [0.2, 0.25) is 0 Å². The molecule has 0 aliphatic carbocycles. The zero-order valence-corrected chi connectivity index (χ0v) is 16.6. The first-order chi connectivity index (χ1) is 9.55. The highest BCUT2D eigenvalue weighted by Crippen LogP contribution is 2.37. The Bertz CT molecular complexity index is 581. The van der Waals surface area contributed by atoms with E-state index < -0.39 is 0 Å². The van der Waals surface area contributed by atoms with Crippen LogP contribution in [-0.4, -0.2) is 14.2 Å². The van der Waals surface area contributed by atoms with Gasteiger partial charge in [0.15, 0.2) is 0 Å². The third kappa shape index (κ3) is 3.85. The van der Waals surface area contributed by atoms with Crippen LogP contribution in [0.3, 0.4) is 0 Å². The topological polar surface area (TPSA) is 21.3 Å². The minimum Gasteiger partial charge on any atom is -0.496 e. The third-order valence-electron chi connectivity index (χ3n) is 3.02. The van der Waals surface area contributed by atoms with Gasteiger partial charge in [0.05, 0.1) is 10.9 Å². The lowest BCUT2D eigenvalue weighted by Gasteiger charge is -2.17. The highest BCUT2D eigenvalue weighted by molar-refractivity contribution is 9.13. The van der Waals surface area contributed by atoms with Gasteiger partial charge in [0.1, 0.15) is 5.75 Å². The van der Waals surface area contributed by atoms with E-state index in [4.69, 9.17) is 4.74 Å². The molecule has 2 aromatic rings. The van der Waals surface area contributed by atoms with Crippen molar-refractivity contribution >= 4 is 59.1 Å². The van der Waals surface area contributed by atoms with E-state index in [9.17, 15) is 0 Å². The van der Waals surface area contributed by atoms with Crippen LogP contribution < -0.4 is 10.1 Å². The van der Waals surface area contributed by atoms with Crippen LogP contribution in [0.15, 0.2) is 37.0 Å². The molecule has 0 radical (unpaired) electrons. The van der Waals surface area contributed by atoms with Crippen LogP contribution in [-0.2, 0) is 6.42 Å². The summed E-state index contributed by atoms with van der Waals surface area (Å²) in [6.07, 6.45) is 0.874. The smallest absolute Gasteiger partial charge is 0.122 e. The Morgan fingerprint density at radius 3 is 2.55 bits per heavy atom. The molecule has 108 valence electrons. The first kappa shape index (κ1) is 16.5. The molecule has 0 aliphatic rings. The van der Waals surface area contributed by atoms with E-state index in [1.165, 1.54) is 10.4 Å². The van der Waals surface area contributed by atoms with Crippen LogP contribution in [0.5, 0.6) is 5.75 Å². The number of halogens is 3. The van der Waals surface area contributed by atoms with Gasteiger partial charge in [-0.2, -0.15) is 0 Å². The molecule has 20 heavy (non-hydrogen) atoms. The van der Waals surface area contributed by atoms with Crippen molar-refractivity contribution in [3.8, 4) is 5.75 Å². The van der Waals surface area contributed by atoms with Gasteiger partial charge in [0, 0.05) is 19.9 Å². The van der Waals surface area contributed by atoms with Gasteiger partial charge >= 0.3 is 0 Å². The molecule has 0 aliphatic heterocycles. The summed E-state index contributed by atoms with van der Waals surface area (Å²) in [6.45, 7) is 0. The third-order valence-corrected chi connectivity index (χ3v) is 6.89. The normalized spacial score (nSPS) is 12.4. The SMILES string of the molecule is CNC(Cc1cc(Br)ccc1OC)c1cc(Br)c(Br)s1. The molecule has 0 amide bonds. The monoisotopic (exact) mass is 481 g/mol. The predicted octanol–water partition coefficient (Wildman–Crippen LogP) is 5.55. The molecule has 0 saturated carbocycles. The highest BCUT2D eigenvalue weighted by atomic mass is 79.9. The first-order valence-corrected chi connectivity index (χ1v) is 9.19. The van der Waals surface area contributed by atoms with Crippen molar-refractivity contribution in [2.75, 3.05) is 14.2 Å². The Morgan fingerprint density at radius 2 is 2.00 bits per heavy atom. The molecule has 2 rings (SSSR count). The summed E-state index contributed by atoms with van der Waals surface area (Å²) < 4.78 is 8.73. The Labute approximate surface area is 148 Å². The fourth-order valence-electron chi connectivity index (χ4n) is 2.01. The molecule has 1 atom stereocenters. The minimum absolute atomic E-state index is 0.255. The van der Waals surface area contributed by atoms with E-state index in [-0.39, 0.29) is 6.04 Å². The molecule has 1 N–H and O–H groups in total. The fraction of sp³-hybridized carbons (Fsp3) is 0.286. The van der Waals surface area contributed by atoms with Gasteiger partial charge in [-0.3, -0.25) is 0 Å². The van der Waals surface area contributed by atoms with E-state index in [2.05, 4.69) is 65.2 Å². The standard InChI is InChI=1S/C14H14Br3NOS/c1-18-11(13-7-10(16)14(17)20-13)6-8-5-9(15)3-4-12(8)19-2/h3-5,7,11,18H,6H2,1-2H3. The second kappa shape index (κ2) is 7.40. The maximum Gasteiger partial charge on any atom is 0.122 e. The van der Waals surface area contributed by atoms with E-state index in [0.29, 0.717) is 0 Å². The molecule has 2 nitrogen and oxygen atoms in total. The van der Waals surface area contributed by atoms with Gasteiger partial charge < -0.3 is 10.1 Å². The first-order valence-electron chi connectivity index (χ1n) is 5.99. The number of methoxy groups -OCH3 is 1. The lowest BCUT2D eigenvalue weighted by Crippen LogP contribution is -2.18. The minimum atomic E-state index is 0.255. The maximum absolute atomic E-state index is 5.45. The molecule has 0 saturated heterocycles. The number of hydrogen-bond donors (Lipinski definition) is 1. The number of likely N-dealkylation sites (N-methyl/N-ethyl adjacent to an activating group) is 1. The summed E-state index contributed by atoms with van der Waals surface area (Å²) in [5.41, 5.74) is 1.18. The number of ether oxygens (including phenoxy) is 1. The lowest BCUT2D eigenvalue weighted by molar-refractivity contribution is 0.406. The van der Waals surface area contributed by atoms with Crippen molar-refractivity contribution < 1.29 is 4.74 Å². The van der Waals surface area contributed by atoms with Crippen LogP contribution in [0.1, 0.15) is 16.5 Å². The van der Waals surface area contributed by atoms with Gasteiger partial charge in [0.25, 0.3) is 0 Å². The maximum atomic E-state index is 5.45. The van der Waals surface area contributed by atoms with Crippen LogP contribution in [0.25, 0.3) is 0 Å². The quantitative estimate of drug-likeness (QED) is 0.602. The molecule has 1 aromatic heterocycles. The van der Waals surface area contributed by atoms with E-state index in [1.54, 1.807) is 18.4 Å². The molecule has 1 unspecified atom stereocenters. The number of hydrogen-bond acceptors (Lipinski definition) is 3. The summed E-state index contributed by atoms with van der Waals surface area (Å²) in [7, 11) is 3.69. The summed E-state index contributed by atoms with van der Waals surface area (Å²) in [4.78, 5) is 1.29. The molecule has 0 spiro atoms. The number of rotatable bonds is 5. The number of thiophene rings is 1. The van der Waals surface area contributed by atoms with E-state index in [1.807, 2.05) is 19.2 Å². The summed E-state index contributed by atoms with van der Waals surface area (Å²) in [5.74, 6) is 0.920. The molecule has 1 aromatic carbocycles.